The SMILES string of the molecule is CSCCNC(=O)CCl. The number of carbonyl (C=O) groups excluding carboxylic acids is 1. The van der Waals surface area contributed by atoms with Crippen LogP contribution in [0.2, 0.25) is 0 Å². The van der Waals surface area contributed by atoms with Gasteiger partial charge in [0.1, 0.15) is 5.88 Å². The second-order valence-corrected chi connectivity index (χ2v) is 2.73. The summed E-state index contributed by atoms with van der Waals surface area (Å²) in [6, 6.07) is 0. The van der Waals surface area contributed by atoms with Gasteiger partial charge in [-0.05, 0) is 6.26 Å². The molecule has 0 fully saturated rings. The van der Waals surface area contributed by atoms with Crippen LogP contribution in [0.25, 0.3) is 0 Å². The molecule has 0 saturated carbocycles. The van der Waals surface area contributed by atoms with Crippen molar-refractivity contribution in [1.82, 2.24) is 5.32 Å². The molecule has 0 spiro atoms. The zero-order valence-electron chi connectivity index (χ0n) is 5.32. The average molecular weight is 168 g/mol. The third-order valence-electron chi connectivity index (χ3n) is 0.750. The summed E-state index contributed by atoms with van der Waals surface area (Å²) in [6.45, 7) is 0.715. The minimum atomic E-state index is -0.0919. The third-order valence-corrected chi connectivity index (χ3v) is 1.60. The van der Waals surface area contributed by atoms with Gasteiger partial charge < -0.3 is 5.32 Å². The molecule has 9 heavy (non-hydrogen) atoms. The number of hydrogen-bond acceptors (Lipinski definition) is 2. The summed E-state index contributed by atoms with van der Waals surface area (Å²) in [5.74, 6) is 0.919. The minimum absolute atomic E-state index is 0.0639. The molecule has 1 N–H and O–H groups in total. The second kappa shape index (κ2) is 6.23. The number of amides is 1. The van der Waals surface area contributed by atoms with Gasteiger partial charge in [0.15, 0.2) is 0 Å². The quantitative estimate of drug-likeness (QED) is 0.494. The molecule has 0 atom stereocenters. The zero-order chi connectivity index (χ0) is 7.11. The van der Waals surface area contributed by atoms with Crippen LogP contribution in [0.1, 0.15) is 0 Å². The number of hydrogen-bond donors (Lipinski definition) is 1. The molecule has 0 aliphatic rings. The highest BCUT2D eigenvalue weighted by atomic mass is 35.5. The molecule has 0 aliphatic carbocycles. The van der Waals surface area contributed by atoms with Crippen LogP contribution < -0.4 is 5.32 Å². The van der Waals surface area contributed by atoms with Gasteiger partial charge >= 0.3 is 0 Å². The Labute approximate surface area is 64.3 Å². The number of alkyl halides is 1. The Balaban J connectivity index is 2.97. The Kier molecular flexibility index (Phi) is 6.31. The highest BCUT2D eigenvalue weighted by Gasteiger charge is 1.93. The maximum atomic E-state index is 10.4. The Morgan fingerprint density at radius 3 is 2.89 bits per heavy atom. The van der Waals surface area contributed by atoms with Gasteiger partial charge in [-0.3, -0.25) is 4.79 Å². The van der Waals surface area contributed by atoms with Crippen molar-refractivity contribution in [3.05, 3.63) is 0 Å². The van der Waals surface area contributed by atoms with Crippen molar-refractivity contribution in [3.8, 4) is 0 Å². The minimum Gasteiger partial charge on any atom is -0.354 e. The van der Waals surface area contributed by atoms with Crippen LogP contribution in [-0.2, 0) is 4.79 Å². The lowest BCUT2D eigenvalue weighted by atomic mass is 10.6. The first-order valence-electron chi connectivity index (χ1n) is 2.63. The summed E-state index contributed by atoms with van der Waals surface area (Å²) >= 11 is 6.91. The van der Waals surface area contributed by atoms with Gasteiger partial charge in [0.2, 0.25) is 5.91 Å². The molecule has 4 heteroatoms. The van der Waals surface area contributed by atoms with E-state index < -0.39 is 0 Å². The van der Waals surface area contributed by atoms with E-state index in [2.05, 4.69) is 5.32 Å². The predicted molar refractivity (Wildman–Crippen MR) is 42.1 cm³/mol. The molecule has 0 aliphatic heterocycles. The molecule has 0 radical (unpaired) electrons. The largest absolute Gasteiger partial charge is 0.354 e. The molecular formula is C5H10ClNOS. The standard InChI is InChI=1S/C5H10ClNOS/c1-9-3-2-7-5(8)4-6/h2-4H2,1H3,(H,7,8). The molecule has 0 rings (SSSR count). The molecule has 1 amide bonds. The first kappa shape index (κ1) is 9.11. The second-order valence-electron chi connectivity index (χ2n) is 1.48. The van der Waals surface area contributed by atoms with Crippen LogP contribution in [0, 0.1) is 0 Å². The van der Waals surface area contributed by atoms with Crippen molar-refractivity contribution in [1.29, 1.82) is 0 Å². The number of thioether (sulfide) groups is 1. The molecular weight excluding hydrogens is 158 g/mol. The topological polar surface area (TPSA) is 29.1 Å². The Morgan fingerprint density at radius 1 is 1.78 bits per heavy atom. The number of halogens is 1. The predicted octanol–water partition coefficient (Wildman–Crippen LogP) is 0.704. The summed E-state index contributed by atoms with van der Waals surface area (Å²) in [5, 5.41) is 2.64. The van der Waals surface area contributed by atoms with Gasteiger partial charge in [0, 0.05) is 12.3 Å². The van der Waals surface area contributed by atoms with Crippen molar-refractivity contribution < 1.29 is 4.79 Å². The molecule has 0 saturated heterocycles. The Morgan fingerprint density at radius 2 is 2.44 bits per heavy atom. The van der Waals surface area contributed by atoms with E-state index >= 15 is 0 Å². The van der Waals surface area contributed by atoms with E-state index in [0.717, 1.165) is 5.75 Å². The fourth-order valence-electron chi connectivity index (χ4n) is 0.340. The molecule has 0 heterocycles. The molecule has 0 aromatic heterocycles. The maximum Gasteiger partial charge on any atom is 0.234 e. The highest BCUT2D eigenvalue weighted by molar-refractivity contribution is 7.98. The fourth-order valence-corrected chi connectivity index (χ4v) is 0.740. The molecule has 0 aromatic carbocycles. The molecule has 0 bridgehead atoms. The zero-order valence-corrected chi connectivity index (χ0v) is 6.89. The molecule has 54 valence electrons. The van der Waals surface area contributed by atoms with Gasteiger partial charge in [0.05, 0.1) is 0 Å². The van der Waals surface area contributed by atoms with Crippen molar-refractivity contribution in [3.63, 3.8) is 0 Å². The lowest BCUT2D eigenvalue weighted by Gasteiger charge is -1.98. The van der Waals surface area contributed by atoms with Crippen LogP contribution in [0.15, 0.2) is 0 Å². The third kappa shape index (κ3) is 5.99. The first-order chi connectivity index (χ1) is 4.31. The normalized spacial score (nSPS) is 9.11. The van der Waals surface area contributed by atoms with E-state index in [4.69, 9.17) is 11.6 Å². The van der Waals surface area contributed by atoms with Crippen LogP contribution in [0.4, 0.5) is 0 Å². The van der Waals surface area contributed by atoms with Gasteiger partial charge in [-0.15, -0.1) is 11.6 Å². The van der Waals surface area contributed by atoms with E-state index in [-0.39, 0.29) is 11.8 Å². The van der Waals surface area contributed by atoms with E-state index in [1.54, 1.807) is 11.8 Å². The number of nitrogens with one attached hydrogen (secondary N) is 1. The first-order valence-corrected chi connectivity index (χ1v) is 4.55. The van der Waals surface area contributed by atoms with E-state index in [1.165, 1.54) is 0 Å². The maximum absolute atomic E-state index is 10.4. The van der Waals surface area contributed by atoms with Crippen LogP contribution >= 0.6 is 23.4 Å². The van der Waals surface area contributed by atoms with Gasteiger partial charge in [-0.1, -0.05) is 0 Å². The van der Waals surface area contributed by atoms with Crippen molar-refractivity contribution in [2.75, 3.05) is 24.4 Å². The Bertz CT molecular complexity index is 89.0. The van der Waals surface area contributed by atoms with Gasteiger partial charge in [0.25, 0.3) is 0 Å². The summed E-state index contributed by atoms with van der Waals surface area (Å²) in [6.07, 6.45) is 1.99. The van der Waals surface area contributed by atoms with Gasteiger partial charge in [-0.2, -0.15) is 11.8 Å². The summed E-state index contributed by atoms with van der Waals surface area (Å²) in [7, 11) is 0. The summed E-state index contributed by atoms with van der Waals surface area (Å²) in [5.41, 5.74) is 0. The van der Waals surface area contributed by atoms with E-state index in [1.807, 2.05) is 6.26 Å². The monoisotopic (exact) mass is 167 g/mol. The van der Waals surface area contributed by atoms with Gasteiger partial charge in [-0.25, -0.2) is 0 Å². The van der Waals surface area contributed by atoms with Crippen molar-refractivity contribution >= 4 is 29.3 Å². The van der Waals surface area contributed by atoms with E-state index in [0.29, 0.717) is 6.54 Å². The Hall–Kier alpha value is 0.110. The lowest BCUT2D eigenvalue weighted by molar-refractivity contribution is -0.118. The smallest absolute Gasteiger partial charge is 0.234 e. The van der Waals surface area contributed by atoms with E-state index in [9.17, 15) is 4.79 Å². The highest BCUT2D eigenvalue weighted by Crippen LogP contribution is 1.86. The fraction of sp³-hybridized carbons (Fsp3) is 0.800. The van der Waals surface area contributed by atoms with Crippen LogP contribution in [-0.4, -0.2) is 30.3 Å². The number of carbonyl (C=O) groups is 1. The summed E-state index contributed by atoms with van der Waals surface area (Å²) < 4.78 is 0. The lowest BCUT2D eigenvalue weighted by Crippen LogP contribution is -2.26. The summed E-state index contributed by atoms with van der Waals surface area (Å²) in [4.78, 5) is 10.4. The van der Waals surface area contributed by atoms with Crippen molar-refractivity contribution in [2.24, 2.45) is 0 Å². The molecule has 2 nitrogen and oxygen atoms in total. The van der Waals surface area contributed by atoms with Crippen molar-refractivity contribution in [2.45, 2.75) is 0 Å². The van der Waals surface area contributed by atoms with Crippen LogP contribution in [0.3, 0.4) is 0 Å². The average Bonchev–Trinajstić information content (AvgIpc) is 1.89. The molecule has 0 aromatic rings. The van der Waals surface area contributed by atoms with Crippen LogP contribution in [0.5, 0.6) is 0 Å². The molecule has 0 unspecified atom stereocenters. The number of rotatable bonds is 4.